The van der Waals surface area contributed by atoms with Crippen LogP contribution in [0.4, 0.5) is 20.6 Å². The van der Waals surface area contributed by atoms with E-state index in [0.29, 0.717) is 17.9 Å². The minimum atomic E-state index is -0.400. The van der Waals surface area contributed by atoms with Crippen LogP contribution in [0.3, 0.4) is 0 Å². The summed E-state index contributed by atoms with van der Waals surface area (Å²) in [5, 5.41) is 5.33. The van der Waals surface area contributed by atoms with Crippen molar-refractivity contribution in [2.75, 3.05) is 17.3 Å². The average molecular weight is 330 g/mol. The number of pyridine rings is 1. The Hall–Kier alpha value is -2.63. The molecule has 128 valence electrons. The topological polar surface area (TPSA) is 57.3 Å². The molecule has 0 aliphatic heterocycles. The molecule has 0 saturated heterocycles. The summed E-state index contributed by atoms with van der Waals surface area (Å²) < 4.78 is 14.2. The molecule has 2 amide bonds. The SMILES string of the molecule is Cc1cccc(CNC(=O)Nc2ccc(N(C)C(C)C)c(F)c2)n1. The second-order valence-corrected chi connectivity index (χ2v) is 5.95. The van der Waals surface area contributed by atoms with E-state index in [-0.39, 0.29) is 11.9 Å². The summed E-state index contributed by atoms with van der Waals surface area (Å²) in [7, 11) is 1.83. The molecule has 1 heterocycles. The van der Waals surface area contributed by atoms with E-state index >= 15 is 0 Å². The molecule has 1 aromatic heterocycles. The van der Waals surface area contributed by atoms with Crippen molar-refractivity contribution in [2.24, 2.45) is 0 Å². The average Bonchev–Trinajstić information content (AvgIpc) is 2.52. The molecule has 0 radical (unpaired) electrons. The third-order valence-corrected chi connectivity index (χ3v) is 3.74. The molecule has 5 nitrogen and oxygen atoms in total. The van der Waals surface area contributed by atoms with Gasteiger partial charge in [0.05, 0.1) is 17.9 Å². The number of nitrogens with one attached hydrogen (secondary N) is 2. The van der Waals surface area contributed by atoms with Gasteiger partial charge in [-0.2, -0.15) is 0 Å². The van der Waals surface area contributed by atoms with Gasteiger partial charge >= 0.3 is 6.03 Å². The van der Waals surface area contributed by atoms with Crippen LogP contribution in [0.15, 0.2) is 36.4 Å². The summed E-state index contributed by atoms with van der Waals surface area (Å²) >= 11 is 0. The molecule has 24 heavy (non-hydrogen) atoms. The van der Waals surface area contributed by atoms with Gasteiger partial charge in [-0.25, -0.2) is 9.18 Å². The van der Waals surface area contributed by atoms with Crippen LogP contribution in [-0.2, 0) is 6.54 Å². The molecule has 0 aliphatic carbocycles. The van der Waals surface area contributed by atoms with Crippen molar-refractivity contribution in [1.82, 2.24) is 10.3 Å². The summed E-state index contributed by atoms with van der Waals surface area (Å²) in [5.74, 6) is -0.371. The number of aryl methyl sites for hydroxylation is 1. The Morgan fingerprint density at radius 1 is 1.29 bits per heavy atom. The molecule has 1 aromatic carbocycles. The second-order valence-electron chi connectivity index (χ2n) is 5.95. The summed E-state index contributed by atoms with van der Waals surface area (Å²) in [6, 6.07) is 10.1. The number of carbonyl (C=O) groups is 1. The molecular weight excluding hydrogens is 307 g/mol. The molecule has 0 bridgehead atoms. The fraction of sp³-hybridized carbons (Fsp3) is 0.333. The molecule has 0 spiro atoms. The Morgan fingerprint density at radius 2 is 2.04 bits per heavy atom. The predicted octanol–water partition coefficient (Wildman–Crippen LogP) is 3.70. The molecule has 0 atom stereocenters. The van der Waals surface area contributed by atoms with Gasteiger partial charge in [0, 0.05) is 24.5 Å². The first-order valence-corrected chi connectivity index (χ1v) is 7.86. The first-order chi connectivity index (χ1) is 11.4. The van der Waals surface area contributed by atoms with Crippen molar-refractivity contribution in [3.8, 4) is 0 Å². The minimum Gasteiger partial charge on any atom is -0.370 e. The first kappa shape index (κ1) is 17.7. The van der Waals surface area contributed by atoms with Crippen LogP contribution in [-0.4, -0.2) is 24.1 Å². The minimum absolute atomic E-state index is 0.184. The normalized spacial score (nSPS) is 10.6. The lowest BCUT2D eigenvalue weighted by atomic mass is 10.2. The Morgan fingerprint density at radius 3 is 2.67 bits per heavy atom. The zero-order valence-electron chi connectivity index (χ0n) is 14.4. The molecule has 2 N–H and O–H groups in total. The molecule has 0 fully saturated rings. The number of urea groups is 1. The number of anilines is 2. The number of carbonyl (C=O) groups excluding carboxylic acids is 1. The Kier molecular flexibility index (Phi) is 5.73. The van der Waals surface area contributed by atoms with Gasteiger partial charge in [-0.15, -0.1) is 0 Å². The number of amides is 2. The number of benzene rings is 1. The lowest BCUT2D eigenvalue weighted by molar-refractivity contribution is 0.251. The highest BCUT2D eigenvalue weighted by molar-refractivity contribution is 5.89. The lowest BCUT2D eigenvalue weighted by Crippen LogP contribution is -2.29. The van der Waals surface area contributed by atoms with Crippen molar-refractivity contribution < 1.29 is 9.18 Å². The quantitative estimate of drug-likeness (QED) is 0.879. The van der Waals surface area contributed by atoms with Crippen molar-refractivity contribution in [3.05, 3.63) is 53.6 Å². The summed E-state index contributed by atoms with van der Waals surface area (Å²) in [6.45, 7) is 6.17. The zero-order valence-corrected chi connectivity index (χ0v) is 14.4. The monoisotopic (exact) mass is 330 g/mol. The summed E-state index contributed by atoms with van der Waals surface area (Å²) in [4.78, 5) is 18.1. The molecule has 0 unspecified atom stereocenters. The lowest BCUT2D eigenvalue weighted by Gasteiger charge is -2.24. The van der Waals surface area contributed by atoms with E-state index in [9.17, 15) is 9.18 Å². The van der Waals surface area contributed by atoms with Gasteiger partial charge < -0.3 is 15.5 Å². The van der Waals surface area contributed by atoms with Crippen LogP contribution < -0.4 is 15.5 Å². The predicted molar refractivity (Wildman–Crippen MR) is 94.8 cm³/mol. The third kappa shape index (κ3) is 4.68. The summed E-state index contributed by atoms with van der Waals surface area (Å²) in [5.41, 5.74) is 2.56. The highest BCUT2D eigenvalue weighted by Crippen LogP contribution is 2.23. The highest BCUT2D eigenvalue weighted by atomic mass is 19.1. The van der Waals surface area contributed by atoms with Gasteiger partial charge in [0.15, 0.2) is 0 Å². The van der Waals surface area contributed by atoms with Crippen molar-refractivity contribution in [2.45, 2.75) is 33.4 Å². The van der Waals surface area contributed by atoms with E-state index in [1.165, 1.54) is 6.07 Å². The Bertz CT molecular complexity index is 718. The number of halogens is 1. The van der Waals surface area contributed by atoms with Crippen LogP contribution >= 0.6 is 0 Å². The zero-order chi connectivity index (χ0) is 17.7. The number of nitrogens with zero attached hydrogens (tertiary/aromatic N) is 2. The van der Waals surface area contributed by atoms with Gasteiger partial charge in [0.2, 0.25) is 0 Å². The fourth-order valence-corrected chi connectivity index (χ4v) is 2.19. The van der Waals surface area contributed by atoms with Gasteiger partial charge in [0.25, 0.3) is 0 Å². The maximum Gasteiger partial charge on any atom is 0.319 e. The van der Waals surface area contributed by atoms with E-state index in [2.05, 4.69) is 15.6 Å². The fourth-order valence-electron chi connectivity index (χ4n) is 2.19. The molecule has 0 aliphatic rings. The van der Waals surface area contributed by atoms with Crippen molar-refractivity contribution >= 4 is 17.4 Å². The smallest absolute Gasteiger partial charge is 0.319 e. The second kappa shape index (κ2) is 7.77. The van der Waals surface area contributed by atoms with E-state index in [0.717, 1.165) is 11.4 Å². The number of aromatic nitrogens is 1. The van der Waals surface area contributed by atoms with Gasteiger partial charge in [0.1, 0.15) is 5.82 Å². The molecule has 0 saturated carbocycles. The van der Waals surface area contributed by atoms with Crippen LogP contribution in [0.5, 0.6) is 0 Å². The number of rotatable bonds is 5. The maximum absolute atomic E-state index is 14.2. The number of hydrogen-bond donors (Lipinski definition) is 2. The van der Waals surface area contributed by atoms with Crippen LogP contribution in [0.25, 0.3) is 0 Å². The van der Waals surface area contributed by atoms with Crippen LogP contribution in [0.2, 0.25) is 0 Å². The standard InChI is InChI=1S/C18H23FN4O/c1-12(2)23(4)17-9-8-14(10-16(17)19)22-18(24)20-11-15-7-5-6-13(3)21-15/h5-10,12H,11H2,1-4H3,(H2,20,22,24). The first-order valence-electron chi connectivity index (χ1n) is 7.86. The van der Waals surface area contributed by atoms with Gasteiger partial charge in [-0.05, 0) is 51.1 Å². The van der Waals surface area contributed by atoms with E-state index in [1.54, 1.807) is 12.1 Å². The number of hydrogen-bond acceptors (Lipinski definition) is 3. The van der Waals surface area contributed by atoms with Gasteiger partial charge in [-0.3, -0.25) is 4.98 Å². The molecule has 6 heteroatoms. The van der Waals surface area contributed by atoms with Crippen molar-refractivity contribution in [3.63, 3.8) is 0 Å². The third-order valence-electron chi connectivity index (χ3n) is 3.74. The van der Waals surface area contributed by atoms with E-state index < -0.39 is 6.03 Å². The molecule has 2 rings (SSSR count). The molecular formula is C18H23FN4O. The van der Waals surface area contributed by atoms with Gasteiger partial charge in [-0.1, -0.05) is 6.07 Å². The van der Waals surface area contributed by atoms with E-state index in [1.807, 2.05) is 50.9 Å². The Balaban J connectivity index is 1.95. The van der Waals surface area contributed by atoms with Crippen LogP contribution in [0, 0.1) is 12.7 Å². The summed E-state index contributed by atoms with van der Waals surface area (Å²) in [6.07, 6.45) is 0. The van der Waals surface area contributed by atoms with Crippen molar-refractivity contribution in [1.29, 1.82) is 0 Å². The largest absolute Gasteiger partial charge is 0.370 e. The van der Waals surface area contributed by atoms with E-state index in [4.69, 9.17) is 0 Å². The van der Waals surface area contributed by atoms with Crippen LogP contribution in [0.1, 0.15) is 25.2 Å². The maximum atomic E-state index is 14.2. The molecule has 2 aromatic rings. The highest BCUT2D eigenvalue weighted by Gasteiger charge is 2.12. The Labute approximate surface area is 141 Å².